The van der Waals surface area contributed by atoms with Crippen LogP contribution in [0.2, 0.25) is 0 Å². The number of nitrogens with one attached hydrogen (secondary N) is 2. The zero-order chi connectivity index (χ0) is 32.1. The van der Waals surface area contributed by atoms with Gasteiger partial charge in [0.15, 0.2) is 5.75 Å². The van der Waals surface area contributed by atoms with Gasteiger partial charge in [0, 0.05) is 31.7 Å². The van der Waals surface area contributed by atoms with Crippen molar-refractivity contribution in [3.05, 3.63) is 77.4 Å². The zero-order valence-corrected chi connectivity index (χ0v) is 26.6. The average molecular weight is 637 g/mol. The minimum atomic E-state index is -3.89. The van der Waals surface area contributed by atoms with Gasteiger partial charge in [-0.05, 0) is 79.3 Å². The van der Waals surface area contributed by atoms with Crippen molar-refractivity contribution in [1.82, 2.24) is 9.21 Å². The van der Waals surface area contributed by atoms with Crippen molar-refractivity contribution >= 4 is 33.3 Å². The van der Waals surface area contributed by atoms with Crippen LogP contribution in [0.1, 0.15) is 41.3 Å². The number of ether oxygens (including phenoxy) is 2. The molecule has 0 bridgehead atoms. The standard InChI is InChI=1S/C33H40N4O7S/c1-22-20-37(18-19-38)32(39)27-11-7-13-29(35-33(40)34-28-12-6-9-23-8-4-5-10-26(23)28)31(27)44-30(22)21-36(2)45(41,42)25-16-14-24(43-3)15-17-25/h6-7,9,11-17,22,30,38H,4-5,8,10,18-21H2,1-3H3,(H2,34,35,40)/t22?,30-/m0/s1. The molecule has 3 N–H and O–H groups in total. The summed E-state index contributed by atoms with van der Waals surface area (Å²) >= 11 is 0. The molecular weight excluding hydrogens is 596 g/mol. The number of aryl methyl sites for hydroxylation is 1. The van der Waals surface area contributed by atoms with Crippen LogP contribution in [-0.4, -0.2) is 81.2 Å². The number of hydrogen-bond acceptors (Lipinski definition) is 7. The molecule has 1 heterocycles. The first-order valence-corrected chi connectivity index (χ1v) is 16.5. The normalized spacial score (nSPS) is 18.2. The van der Waals surface area contributed by atoms with E-state index in [-0.39, 0.29) is 60.0 Å². The van der Waals surface area contributed by atoms with Gasteiger partial charge in [0.1, 0.15) is 11.9 Å². The largest absolute Gasteiger partial charge is 0.497 e. The summed E-state index contributed by atoms with van der Waals surface area (Å²) in [5, 5.41) is 15.5. The lowest BCUT2D eigenvalue weighted by molar-refractivity contribution is 0.0512. The molecule has 0 saturated heterocycles. The number of carbonyl (C=O) groups excluding carboxylic acids is 2. The first-order valence-electron chi connectivity index (χ1n) is 15.1. The number of carbonyl (C=O) groups is 2. The van der Waals surface area contributed by atoms with E-state index >= 15 is 0 Å². The minimum absolute atomic E-state index is 0.0349. The van der Waals surface area contributed by atoms with E-state index < -0.39 is 22.2 Å². The highest BCUT2D eigenvalue weighted by atomic mass is 32.2. The van der Waals surface area contributed by atoms with Gasteiger partial charge < -0.3 is 30.1 Å². The number of aliphatic hydroxyl groups is 1. The van der Waals surface area contributed by atoms with Crippen LogP contribution in [0.25, 0.3) is 0 Å². The van der Waals surface area contributed by atoms with E-state index in [9.17, 15) is 23.1 Å². The van der Waals surface area contributed by atoms with E-state index in [1.54, 1.807) is 30.3 Å². The molecule has 0 spiro atoms. The number of para-hydroxylation sites is 1. The molecule has 3 aromatic rings. The van der Waals surface area contributed by atoms with E-state index in [1.807, 2.05) is 19.1 Å². The third-order valence-electron chi connectivity index (χ3n) is 8.41. The van der Waals surface area contributed by atoms with Crippen LogP contribution in [-0.2, 0) is 22.9 Å². The summed E-state index contributed by atoms with van der Waals surface area (Å²) in [5.41, 5.74) is 3.57. The molecule has 1 aliphatic heterocycles. The lowest BCUT2D eigenvalue weighted by atomic mass is 9.90. The van der Waals surface area contributed by atoms with Crippen molar-refractivity contribution in [3.8, 4) is 11.5 Å². The van der Waals surface area contributed by atoms with Crippen molar-refractivity contribution in [1.29, 1.82) is 0 Å². The minimum Gasteiger partial charge on any atom is -0.497 e. The Hall–Kier alpha value is -4.13. The molecule has 1 unspecified atom stereocenters. The molecule has 45 heavy (non-hydrogen) atoms. The molecule has 0 saturated carbocycles. The number of anilines is 2. The van der Waals surface area contributed by atoms with Gasteiger partial charge in [-0.15, -0.1) is 0 Å². The maximum absolute atomic E-state index is 13.6. The quantitative estimate of drug-likeness (QED) is 0.317. The molecule has 5 rings (SSSR count). The maximum atomic E-state index is 13.6. The van der Waals surface area contributed by atoms with Crippen LogP contribution in [0.5, 0.6) is 11.5 Å². The van der Waals surface area contributed by atoms with Gasteiger partial charge >= 0.3 is 6.03 Å². The Balaban J connectivity index is 1.43. The topological polar surface area (TPSA) is 138 Å². The van der Waals surface area contributed by atoms with Crippen LogP contribution in [0.4, 0.5) is 16.2 Å². The molecule has 1 aliphatic carbocycles. The fraction of sp³-hybridized carbons (Fsp3) is 0.394. The molecule has 2 aliphatic rings. The number of sulfonamides is 1. The van der Waals surface area contributed by atoms with E-state index in [0.717, 1.165) is 36.9 Å². The van der Waals surface area contributed by atoms with Crippen LogP contribution in [0, 0.1) is 5.92 Å². The van der Waals surface area contributed by atoms with Gasteiger partial charge in [-0.1, -0.05) is 25.1 Å². The highest BCUT2D eigenvalue weighted by molar-refractivity contribution is 7.89. The highest BCUT2D eigenvalue weighted by Crippen LogP contribution is 2.35. The highest BCUT2D eigenvalue weighted by Gasteiger charge is 2.35. The average Bonchev–Trinajstić information content (AvgIpc) is 3.04. The lowest BCUT2D eigenvalue weighted by Gasteiger charge is -2.36. The SMILES string of the molecule is COc1ccc(S(=O)(=O)N(C)C[C@@H]2Oc3c(NC(=O)Nc4cccc5c4CCCC5)cccc3C(=O)N(CCO)CC2C)cc1. The predicted molar refractivity (Wildman–Crippen MR) is 172 cm³/mol. The molecule has 0 aromatic heterocycles. The third-order valence-corrected chi connectivity index (χ3v) is 10.2. The summed E-state index contributed by atoms with van der Waals surface area (Å²) in [6, 6.07) is 16.4. The van der Waals surface area contributed by atoms with Gasteiger partial charge in [0.2, 0.25) is 10.0 Å². The second kappa shape index (κ2) is 13.9. The fourth-order valence-electron chi connectivity index (χ4n) is 5.90. The Kier molecular flexibility index (Phi) is 9.96. The molecule has 240 valence electrons. The van der Waals surface area contributed by atoms with Crippen LogP contribution < -0.4 is 20.1 Å². The van der Waals surface area contributed by atoms with Crippen molar-refractivity contribution in [2.24, 2.45) is 5.92 Å². The molecular formula is C33H40N4O7S. The van der Waals surface area contributed by atoms with Crippen molar-refractivity contribution in [2.75, 3.05) is 51.0 Å². The molecule has 3 aromatic carbocycles. The predicted octanol–water partition coefficient (Wildman–Crippen LogP) is 4.37. The lowest BCUT2D eigenvalue weighted by Crippen LogP contribution is -2.48. The number of methoxy groups -OCH3 is 1. The number of rotatable bonds is 9. The van der Waals surface area contributed by atoms with Gasteiger partial charge in [-0.3, -0.25) is 4.79 Å². The van der Waals surface area contributed by atoms with Crippen molar-refractivity contribution in [3.63, 3.8) is 0 Å². The van der Waals surface area contributed by atoms with Crippen LogP contribution in [0.15, 0.2) is 65.6 Å². The Labute approximate surface area is 264 Å². The van der Waals surface area contributed by atoms with E-state index in [0.29, 0.717) is 5.75 Å². The van der Waals surface area contributed by atoms with E-state index in [4.69, 9.17) is 9.47 Å². The molecule has 2 atom stereocenters. The molecule has 0 radical (unpaired) electrons. The number of likely N-dealkylation sites (N-methyl/N-ethyl adjacent to an activating group) is 1. The first kappa shape index (κ1) is 32.3. The Morgan fingerprint density at radius 3 is 2.47 bits per heavy atom. The number of fused-ring (bicyclic) bond motifs is 2. The summed E-state index contributed by atoms with van der Waals surface area (Å²) < 4.78 is 39.8. The van der Waals surface area contributed by atoms with Crippen molar-refractivity contribution in [2.45, 2.75) is 43.6 Å². The Morgan fingerprint density at radius 1 is 1.04 bits per heavy atom. The molecule has 0 fully saturated rings. The van der Waals surface area contributed by atoms with Gasteiger partial charge in [-0.2, -0.15) is 4.31 Å². The fourth-order valence-corrected chi connectivity index (χ4v) is 7.08. The zero-order valence-electron chi connectivity index (χ0n) is 25.8. The van der Waals surface area contributed by atoms with E-state index in [1.165, 1.54) is 41.1 Å². The summed E-state index contributed by atoms with van der Waals surface area (Å²) in [6.07, 6.45) is 3.33. The number of benzene rings is 3. The Bertz CT molecular complexity index is 1650. The van der Waals surface area contributed by atoms with Gasteiger partial charge in [-0.25, -0.2) is 13.2 Å². The molecule has 3 amide bonds. The second-order valence-electron chi connectivity index (χ2n) is 11.5. The number of β-amino-alcohol motifs (C(OH)–C–C–N with tert-alkyl or cyclic N) is 1. The monoisotopic (exact) mass is 636 g/mol. The number of aliphatic hydroxyl groups excluding tert-OH is 1. The smallest absolute Gasteiger partial charge is 0.323 e. The van der Waals surface area contributed by atoms with E-state index in [2.05, 4.69) is 16.7 Å². The van der Waals surface area contributed by atoms with Crippen molar-refractivity contribution < 1.29 is 32.6 Å². The Morgan fingerprint density at radius 2 is 1.73 bits per heavy atom. The number of urea groups is 1. The maximum Gasteiger partial charge on any atom is 0.323 e. The number of nitrogens with zero attached hydrogens (tertiary/aromatic N) is 2. The first-order chi connectivity index (χ1) is 21.6. The van der Waals surface area contributed by atoms with Gasteiger partial charge in [0.05, 0.1) is 36.4 Å². The van der Waals surface area contributed by atoms with Gasteiger partial charge in [0.25, 0.3) is 5.91 Å². The summed E-state index contributed by atoms with van der Waals surface area (Å²) in [5.74, 6) is -0.0119. The molecule has 11 nitrogen and oxygen atoms in total. The third kappa shape index (κ3) is 7.08. The van der Waals surface area contributed by atoms with Crippen LogP contribution >= 0.6 is 0 Å². The number of hydrogen-bond donors (Lipinski definition) is 3. The summed E-state index contributed by atoms with van der Waals surface area (Å²) in [7, 11) is -0.910. The second-order valence-corrected chi connectivity index (χ2v) is 13.5. The molecule has 12 heteroatoms. The van der Waals surface area contributed by atoms with Crippen LogP contribution in [0.3, 0.4) is 0 Å². The summed E-state index contributed by atoms with van der Waals surface area (Å²) in [6.45, 7) is 1.91. The summed E-state index contributed by atoms with van der Waals surface area (Å²) in [4.78, 5) is 28.6. The number of amides is 3.